The fraction of sp³-hybridized carbons (Fsp3) is 0. The second-order valence-corrected chi connectivity index (χ2v) is 23.0. The molecule has 76 heavy (non-hydrogen) atoms. The van der Waals surface area contributed by atoms with Crippen molar-refractivity contribution in [3.8, 4) is 44.5 Å². The minimum Gasteiger partial charge on any atom is -0.310 e. The molecule has 0 saturated carbocycles. The maximum atomic E-state index is 3.79. The summed E-state index contributed by atoms with van der Waals surface area (Å²) in [6, 6.07) is 97.6. The number of rotatable bonds is 10. The third-order valence-electron chi connectivity index (χ3n) is 14.6. The van der Waals surface area contributed by atoms with Crippen molar-refractivity contribution in [2.24, 2.45) is 0 Å². The van der Waals surface area contributed by atoms with Crippen LogP contribution in [0.5, 0.6) is 0 Å². The molecule has 0 bridgehead atoms. The van der Waals surface area contributed by atoms with Gasteiger partial charge in [0.15, 0.2) is 0 Å². The van der Waals surface area contributed by atoms with Crippen LogP contribution in [0.1, 0.15) is 0 Å². The summed E-state index contributed by atoms with van der Waals surface area (Å²) < 4.78 is 7.30. The average molecular weight is 1140 g/mol. The summed E-state index contributed by atoms with van der Waals surface area (Å²) in [6.45, 7) is 0. The molecule has 0 aliphatic heterocycles. The van der Waals surface area contributed by atoms with Crippen LogP contribution in [0.15, 0.2) is 276 Å². The first-order chi connectivity index (χ1) is 37.5. The van der Waals surface area contributed by atoms with Crippen molar-refractivity contribution in [1.29, 1.82) is 0 Å². The van der Waals surface area contributed by atoms with Gasteiger partial charge in [0.1, 0.15) is 0 Å². The van der Waals surface area contributed by atoms with Gasteiger partial charge in [0.25, 0.3) is 0 Å². The summed E-state index contributed by atoms with van der Waals surface area (Å²) >= 11 is 11.1. The van der Waals surface area contributed by atoms with E-state index >= 15 is 0 Å². The van der Waals surface area contributed by atoms with E-state index in [-0.39, 0.29) is 0 Å². The molecule has 0 unspecified atom stereocenters. The summed E-state index contributed by atoms with van der Waals surface area (Å²) in [5.41, 5.74) is 16.1. The number of thiophene rings is 2. The van der Waals surface area contributed by atoms with Gasteiger partial charge in [0.2, 0.25) is 0 Å². The van der Waals surface area contributed by atoms with Crippen LogP contribution in [0.4, 0.5) is 34.1 Å². The van der Waals surface area contributed by atoms with Gasteiger partial charge in [0.05, 0.1) is 10.4 Å². The van der Waals surface area contributed by atoms with Crippen molar-refractivity contribution in [1.82, 2.24) is 0 Å². The minimum absolute atomic E-state index is 1.07. The van der Waals surface area contributed by atoms with E-state index in [1.54, 1.807) is 0 Å². The summed E-state index contributed by atoms with van der Waals surface area (Å²) in [5, 5.41) is 7.59. The molecule has 0 aliphatic carbocycles. The van der Waals surface area contributed by atoms with E-state index < -0.39 is 0 Å². The topological polar surface area (TPSA) is 6.48 Å². The van der Waals surface area contributed by atoms with Crippen LogP contribution in [-0.4, -0.2) is 0 Å². The molecule has 2 aromatic heterocycles. The Labute approximate surface area is 466 Å². The predicted octanol–water partition coefficient (Wildman–Crippen LogP) is 22.7. The van der Waals surface area contributed by atoms with Gasteiger partial charge in [-0.1, -0.05) is 196 Å². The number of halogens is 2. The lowest BCUT2D eigenvalue weighted by atomic mass is 9.96. The minimum atomic E-state index is 1.07. The number of anilines is 6. The zero-order valence-electron chi connectivity index (χ0n) is 40.9. The smallest absolute Gasteiger partial charge is 0.0646 e. The molecule has 2 heterocycles. The van der Waals surface area contributed by atoms with Gasteiger partial charge in [-0.15, -0.1) is 22.7 Å². The van der Waals surface area contributed by atoms with Crippen LogP contribution in [0.3, 0.4) is 0 Å². The molecule has 12 aromatic carbocycles. The highest BCUT2D eigenvalue weighted by molar-refractivity contribution is 9.10. The number of benzene rings is 12. The molecule has 0 fully saturated rings. The van der Waals surface area contributed by atoms with E-state index in [2.05, 4.69) is 309 Å². The monoisotopic (exact) mass is 1130 g/mol. The Hall–Kier alpha value is -8.10. The highest BCUT2D eigenvalue weighted by atomic mass is 79.9. The molecule has 0 N–H and O–H groups in total. The molecule has 0 radical (unpaired) electrons. The molecule has 6 heteroatoms. The van der Waals surface area contributed by atoms with Crippen molar-refractivity contribution >= 4 is 140 Å². The zero-order valence-corrected chi connectivity index (χ0v) is 45.7. The predicted molar refractivity (Wildman–Crippen MR) is 336 cm³/mol. The van der Waals surface area contributed by atoms with Crippen LogP contribution >= 0.6 is 54.5 Å². The highest BCUT2D eigenvalue weighted by Crippen LogP contribution is 2.50. The Morgan fingerprint density at radius 2 is 0.789 bits per heavy atom. The summed E-state index contributed by atoms with van der Waals surface area (Å²) in [7, 11) is 0. The van der Waals surface area contributed by atoms with E-state index in [9.17, 15) is 0 Å². The number of hydrogen-bond donors (Lipinski definition) is 0. The van der Waals surface area contributed by atoms with E-state index in [0.717, 1.165) is 48.6 Å². The normalized spacial score (nSPS) is 11.6. The van der Waals surface area contributed by atoms with Crippen molar-refractivity contribution in [3.05, 3.63) is 276 Å². The largest absolute Gasteiger partial charge is 0.310 e. The van der Waals surface area contributed by atoms with Crippen molar-refractivity contribution in [2.45, 2.75) is 0 Å². The van der Waals surface area contributed by atoms with Crippen LogP contribution in [0.25, 0.3) is 95.6 Å². The lowest BCUT2D eigenvalue weighted by molar-refractivity contribution is 1.28. The van der Waals surface area contributed by atoms with E-state index in [4.69, 9.17) is 0 Å². The maximum absolute atomic E-state index is 3.79. The van der Waals surface area contributed by atoms with E-state index in [0.29, 0.717) is 0 Å². The number of hydrogen-bond acceptors (Lipinski definition) is 4. The highest BCUT2D eigenvalue weighted by Gasteiger charge is 2.22. The molecule has 0 saturated heterocycles. The van der Waals surface area contributed by atoms with Gasteiger partial charge in [-0.3, -0.25) is 0 Å². The molecule has 360 valence electrons. The van der Waals surface area contributed by atoms with Gasteiger partial charge in [-0.2, -0.15) is 0 Å². The van der Waals surface area contributed by atoms with Crippen molar-refractivity contribution < 1.29 is 0 Å². The van der Waals surface area contributed by atoms with Gasteiger partial charge in [-0.05, 0) is 158 Å². The Bertz CT molecular complexity index is 4470. The van der Waals surface area contributed by atoms with E-state index in [1.165, 1.54) is 90.1 Å². The first kappa shape index (κ1) is 46.4. The van der Waals surface area contributed by atoms with Gasteiger partial charge < -0.3 is 9.80 Å². The molecule has 0 spiro atoms. The average Bonchev–Trinajstić information content (AvgIpc) is 4.09. The van der Waals surface area contributed by atoms with Gasteiger partial charge >= 0.3 is 0 Å². The SMILES string of the molecule is Brc1ccc(-c2ccc(N(c3ccc(-c4cccc5c4sc4ccccc45)cc3)c3cccc(-c4ccc5cc(N(c6ccccc6)c6ccc(-c7ccccc7Br)cc6)c6sc7ccccc7c6c5c4)c3)cc2)cc1. The first-order valence-electron chi connectivity index (χ1n) is 25.3. The molecule has 0 aliphatic rings. The van der Waals surface area contributed by atoms with Gasteiger partial charge in [-0.25, -0.2) is 0 Å². The number of nitrogens with zero attached hydrogens (tertiary/aromatic N) is 2. The maximum Gasteiger partial charge on any atom is 0.0646 e. The molecule has 14 rings (SSSR count). The molecular formula is C70H44Br2N2S2. The molecule has 2 nitrogen and oxygen atoms in total. The van der Waals surface area contributed by atoms with Gasteiger partial charge in [0, 0.05) is 73.0 Å². The zero-order chi connectivity index (χ0) is 50.7. The first-order valence-corrected chi connectivity index (χ1v) is 28.6. The van der Waals surface area contributed by atoms with E-state index in [1.807, 2.05) is 22.7 Å². The summed E-state index contributed by atoms with van der Waals surface area (Å²) in [6.07, 6.45) is 0. The lowest BCUT2D eigenvalue weighted by Crippen LogP contribution is -2.10. The molecule has 0 atom stereocenters. The van der Waals surface area contributed by atoms with Crippen LogP contribution < -0.4 is 9.80 Å². The molecule has 14 aromatic rings. The Morgan fingerprint density at radius 1 is 0.289 bits per heavy atom. The van der Waals surface area contributed by atoms with Crippen molar-refractivity contribution in [2.75, 3.05) is 9.80 Å². The number of fused-ring (bicyclic) bond motifs is 8. The Kier molecular flexibility index (Phi) is 11.9. The lowest BCUT2D eigenvalue weighted by Gasteiger charge is -2.27. The molecule has 0 amide bonds. The summed E-state index contributed by atoms with van der Waals surface area (Å²) in [5.74, 6) is 0. The number of para-hydroxylation sites is 1. The summed E-state index contributed by atoms with van der Waals surface area (Å²) in [4.78, 5) is 4.81. The van der Waals surface area contributed by atoms with Crippen LogP contribution in [0.2, 0.25) is 0 Å². The Morgan fingerprint density at radius 3 is 1.51 bits per heavy atom. The standard InChI is InChI=1S/C70H44Br2N2S2/c71-52-34-26-45(27-35-52)46-28-36-54(37-29-46)73(55-38-32-48(33-39-55)59-19-11-20-61-60-17-5-8-22-66(60)75-69(59)61)57-15-10-12-49(42-57)50-24-25-51-44-65(70-68(63(51)43-50)62-18-6-9-23-67(62)76-70)74(53-13-2-1-3-14-53)56-40-30-47(31-41-56)58-16-4-7-21-64(58)72/h1-44H. The third kappa shape index (κ3) is 8.39. The van der Waals surface area contributed by atoms with Crippen LogP contribution in [0, 0.1) is 0 Å². The quantitative estimate of drug-likeness (QED) is 0.135. The fourth-order valence-electron chi connectivity index (χ4n) is 10.9. The van der Waals surface area contributed by atoms with Crippen LogP contribution in [-0.2, 0) is 0 Å². The van der Waals surface area contributed by atoms with Crippen molar-refractivity contribution in [3.63, 3.8) is 0 Å². The second kappa shape index (κ2) is 19.6. The fourth-order valence-corrected chi connectivity index (χ4v) is 14.2. The molecular weight excluding hydrogens is 1090 g/mol. The Balaban J connectivity index is 0.885. The second-order valence-electron chi connectivity index (χ2n) is 19.1. The third-order valence-corrected chi connectivity index (χ3v) is 18.2.